The summed E-state index contributed by atoms with van der Waals surface area (Å²) in [5, 5.41) is 0. The first-order valence-corrected chi connectivity index (χ1v) is 1.55. The van der Waals surface area contributed by atoms with Crippen LogP contribution in [0.3, 0.4) is 0 Å². The summed E-state index contributed by atoms with van der Waals surface area (Å²) in [5.74, 6) is 0. The van der Waals surface area contributed by atoms with Crippen LogP contribution in [0.2, 0.25) is 0 Å². The van der Waals surface area contributed by atoms with Gasteiger partial charge in [0.25, 0.3) is 0 Å². The Morgan fingerprint density at radius 1 is 1.33 bits per heavy atom. The van der Waals surface area contributed by atoms with Crippen molar-refractivity contribution in [1.82, 2.24) is 0 Å². The van der Waals surface area contributed by atoms with E-state index in [4.69, 9.17) is 13.3 Å². The summed E-state index contributed by atoms with van der Waals surface area (Å²) >= 11 is -2.86. The zero-order valence-electron chi connectivity index (χ0n) is 5.43. The summed E-state index contributed by atoms with van der Waals surface area (Å²) in [6.07, 6.45) is 0. The van der Waals surface area contributed by atoms with E-state index >= 15 is 0 Å². The van der Waals surface area contributed by atoms with Gasteiger partial charge in [-0.25, -0.2) is 4.21 Å². The van der Waals surface area contributed by atoms with E-state index in [2.05, 4.69) is 0 Å². The molecule has 0 rings (SSSR count). The SMILES string of the molecule is O=S([O-])O.[Br-].[Cl-].[K+].[Na+].[Na+]. The van der Waals surface area contributed by atoms with Crippen LogP contribution in [-0.2, 0) is 11.4 Å². The number of rotatable bonds is 0. The monoisotopic (exact) mass is 280 g/mol. The smallest absolute Gasteiger partial charge is 1.00 e. The van der Waals surface area contributed by atoms with Gasteiger partial charge >= 0.3 is 110 Å². The summed E-state index contributed by atoms with van der Waals surface area (Å²) in [4.78, 5) is 0. The van der Waals surface area contributed by atoms with Crippen molar-refractivity contribution in [2.24, 2.45) is 0 Å². The van der Waals surface area contributed by atoms with E-state index in [0.717, 1.165) is 0 Å². The Morgan fingerprint density at radius 2 is 1.33 bits per heavy atom. The first-order valence-electron chi connectivity index (χ1n) is 0.516. The molecular weight excluding hydrogens is 280 g/mol. The third-order valence-corrected chi connectivity index (χ3v) is 0. The van der Waals surface area contributed by atoms with Gasteiger partial charge in [0.05, 0.1) is 11.4 Å². The van der Waals surface area contributed by atoms with E-state index in [1.165, 1.54) is 0 Å². The molecule has 0 aliphatic carbocycles. The fourth-order valence-electron chi connectivity index (χ4n) is 0. The van der Waals surface area contributed by atoms with Crippen LogP contribution in [0.15, 0.2) is 0 Å². The van der Waals surface area contributed by atoms with E-state index in [9.17, 15) is 0 Å². The molecule has 0 aliphatic rings. The Balaban J connectivity index is -0.00000000450. The standard InChI is InChI=1S/BrH.ClH.K.2Na.H2O3S/c;;;;;1-4(2)3/h2*1H;;;;(H2,1,2,3)/q;;3*+1;/p-3. The van der Waals surface area contributed by atoms with Crippen LogP contribution in [-0.4, -0.2) is 13.3 Å². The van der Waals surface area contributed by atoms with E-state index < -0.39 is 11.4 Å². The molecule has 3 nitrogen and oxygen atoms in total. The normalized spacial score (nSPS) is 6.89. The number of hydrogen-bond acceptors (Lipinski definition) is 2. The maximum Gasteiger partial charge on any atom is 1.00 e. The first kappa shape index (κ1) is 37.5. The maximum atomic E-state index is 8.56. The van der Waals surface area contributed by atoms with Crippen molar-refractivity contribution in [3.8, 4) is 0 Å². The molecule has 0 radical (unpaired) electrons. The summed E-state index contributed by atoms with van der Waals surface area (Å²) < 4.78 is 24.1. The quantitative estimate of drug-likeness (QED) is 0.354. The van der Waals surface area contributed by atoms with Crippen molar-refractivity contribution >= 4 is 11.4 Å². The Kier molecular flexibility index (Phi) is 123. The van der Waals surface area contributed by atoms with Crippen LogP contribution in [0.1, 0.15) is 0 Å². The molecule has 0 aromatic rings. The number of hydrogen-bond donors (Lipinski definition) is 1. The molecule has 0 saturated carbocycles. The molecule has 0 saturated heterocycles. The van der Waals surface area contributed by atoms with Gasteiger partial charge in [0.2, 0.25) is 0 Å². The van der Waals surface area contributed by atoms with Gasteiger partial charge in [0, 0.05) is 0 Å². The Hall–Kier alpha value is 4.48. The van der Waals surface area contributed by atoms with Crippen molar-refractivity contribution in [2.45, 2.75) is 0 Å². The Morgan fingerprint density at radius 3 is 1.33 bits per heavy atom. The van der Waals surface area contributed by atoms with Gasteiger partial charge in [-0.05, 0) is 0 Å². The topological polar surface area (TPSA) is 60.4 Å². The van der Waals surface area contributed by atoms with E-state index in [1.807, 2.05) is 0 Å². The van der Waals surface area contributed by atoms with Gasteiger partial charge in [-0.3, -0.25) is 0 Å². The van der Waals surface area contributed by atoms with E-state index in [0.29, 0.717) is 0 Å². The van der Waals surface area contributed by atoms with Gasteiger partial charge in [-0.15, -0.1) is 0 Å². The molecule has 0 aromatic carbocycles. The van der Waals surface area contributed by atoms with Crippen molar-refractivity contribution < 1.29 is 153 Å². The fourth-order valence-corrected chi connectivity index (χ4v) is 0. The summed E-state index contributed by atoms with van der Waals surface area (Å²) in [6.45, 7) is 0. The van der Waals surface area contributed by atoms with Gasteiger partial charge in [0.1, 0.15) is 0 Å². The average Bonchev–Trinajstić information content (AvgIpc) is 0.811. The second kappa shape index (κ2) is 29.4. The zero-order chi connectivity index (χ0) is 3.58. The second-order valence-corrected chi connectivity index (χ2v) is 0.651. The Bertz CT molecular complexity index is 44.8. The molecule has 0 aliphatic heterocycles. The van der Waals surface area contributed by atoms with Crippen LogP contribution in [0.4, 0.5) is 0 Å². The second-order valence-electron chi connectivity index (χ2n) is 0.217. The fraction of sp³-hybridized carbons (Fsp3) is 0. The van der Waals surface area contributed by atoms with Crippen molar-refractivity contribution in [3.63, 3.8) is 0 Å². The molecule has 1 N–H and O–H groups in total. The molecule has 1 atom stereocenters. The number of halogens is 2. The molecule has 0 amide bonds. The van der Waals surface area contributed by atoms with Crippen LogP contribution < -0.4 is 140 Å². The predicted molar refractivity (Wildman–Crippen MR) is 11.5 cm³/mol. The van der Waals surface area contributed by atoms with Gasteiger partial charge in [0.15, 0.2) is 0 Å². The van der Waals surface area contributed by atoms with Crippen LogP contribution in [0, 0.1) is 0 Å². The minimum absolute atomic E-state index is 0. The van der Waals surface area contributed by atoms with Crippen molar-refractivity contribution in [3.05, 3.63) is 0 Å². The summed E-state index contributed by atoms with van der Waals surface area (Å²) in [7, 11) is 0. The maximum absolute atomic E-state index is 8.56. The largest absolute Gasteiger partial charge is 1.00 e. The molecule has 0 aromatic heterocycles. The molecule has 9 heavy (non-hydrogen) atoms. The Labute approximate surface area is 160 Å². The van der Waals surface area contributed by atoms with Crippen LogP contribution >= 0.6 is 0 Å². The van der Waals surface area contributed by atoms with Gasteiger partial charge in [-0.1, -0.05) is 0 Å². The van der Waals surface area contributed by atoms with Crippen molar-refractivity contribution in [2.75, 3.05) is 0 Å². The molecule has 9 heteroatoms. The van der Waals surface area contributed by atoms with Gasteiger partial charge < -0.3 is 38.5 Å². The third kappa shape index (κ3) is 68.3. The minimum Gasteiger partial charge on any atom is -1.00 e. The van der Waals surface area contributed by atoms with Crippen LogP contribution in [0.5, 0.6) is 0 Å². The molecule has 42 valence electrons. The first-order chi connectivity index (χ1) is 1.73. The van der Waals surface area contributed by atoms with E-state index in [1.54, 1.807) is 0 Å². The van der Waals surface area contributed by atoms with Crippen molar-refractivity contribution in [1.29, 1.82) is 0 Å². The summed E-state index contributed by atoms with van der Waals surface area (Å²) in [6, 6.07) is 0. The molecule has 0 bridgehead atoms. The zero-order valence-corrected chi connectivity index (χ0v) is 15.7. The minimum atomic E-state index is -2.86. The molecule has 0 spiro atoms. The molecule has 0 heterocycles. The summed E-state index contributed by atoms with van der Waals surface area (Å²) in [5.41, 5.74) is 0. The molecule has 0 fully saturated rings. The van der Waals surface area contributed by atoms with Crippen LogP contribution in [0.25, 0.3) is 0 Å². The van der Waals surface area contributed by atoms with E-state index in [-0.39, 0.29) is 140 Å². The van der Waals surface area contributed by atoms with Gasteiger partial charge in [-0.2, -0.15) is 0 Å². The average molecular weight is 282 g/mol. The molecular formula is HBrClKNa2O3S. The predicted octanol–water partition coefficient (Wildman–Crippen LogP) is -15.6. The third-order valence-electron chi connectivity index (χ3n) is 0. The molecule has 1 unspecified atom stereocenters.